The number of benzene rings is 1. The van der Waals surface area contributed by atoms with Crippen LogP contribution in [0.1, 0.15) is 24.5 Å². The van der Waals surface area contributed by atoms with E-state index in [0.717, 1.165) is 13.0 Å². The van der Waals surface area contributed by atoms with E-state index in [0.29, 0.717) is 12.2 Å². The minimum Gasteiger partial charge on any atom is -0.466 e. The molecule has 0 unspecified atom stereocenters. The molecule has 0 spiro atoms. The molecule has 1 atom stereocenters. The average molecular weight is 296 g/mol. The molecule has 0 saturated carbocycles. The first-order valence-electron chi connectivity index (χ1n) is 6.63. The Labute approximate surface area is 123 Å². The first-order valence-corrected chi connectivity index (χ1v) is 6.63. The summed E-state index contributed by atoms with van der Waals surface area (Å²) in [5.74, 6) is -0.486. The highest BCUT2D eigenvalue weighted by Gasteiger charge is 2.15. The van der Waals surface area contributed by atoms with Gasteiger partial charge in [-0.3, -0.25) is 14.9 Å². The molecule has 0 saturated heterocycles. The molecule has 116 valence electrons. The highest BCUT2D eigenvalue weighted by molar-refractivity contribution is 5.70. The number of nitro groups is 1. The molecule has 7 nitrogen and oxygen atoms in total. The molecule has 1 rings (SSSR count). The van der Waals surface area contributed by atoms with Gasteiger partial charge in [0.25, 0.3) is 5.69 Å². The number of rotatable bonds is 8. The summed E-state index contributed by atoms with van der Waals surface area (Å²) in [5, 5.41) is 20.4. The van der Waals surface area contributed by atoms with Gasteiger partial charge < -0.3 is 14.7 Å². The fourth-order valence-corrected chi connectivity index (χ4v) is 1.72. The van der Waals surface area contributed by atoms with E-state index in [2.05, 4.69) is 0 Å². The maximum absolute atomic E-state index is 11.5. The van der Waals surface area contributed by atoms with E-state index in [1.165, 1.54) is 24.3 Å². The maximum atomic E-state index is 11.5. The van der Waals surface area contributed by atoms with Gasteiger partial charge in [-0.15, -0.1) is 0 Å². The molecule has 0 amide bonds. The molecule has 21 heavy (non-hydrogen) atoms. The second-order valence-corrected chi connectivity index (χ2v) is 4.95. The number of non-ortho nitro benzene ring substituents is 1. The van der Waals surface area contributed by atoms with Gasteiger partial charge in [0.05, 0.1) is 24.1 Å². The van der Waals surface area contributed by atoms with E-state index in [4.69, 9.17) is 4.74 Å². The van der Waals surface area contributed by atoms with Gasteiger partial charge >= 0.3 is 5.97 Å². The summed E-state index contributed by atoms with van der Waals surface area (Å²) in [7, 11) is 3.86. The zero-order valence-corrected chi connectivity index (χ0v) is 12.2. The summed E-state index contributed by atoms with van der Waals surface area (Å²) >= 11 is 0. The summed E-state index contributed by atoms with van der Waals surface area (Å²) in [6.07, 6.45) is -0.460. The number of carbonyl (C=O) groups excluding carboxylic acids is 1. The van der Waals surface area contributed by atoms with Crippen LogP contribution in [0, 0.1) is 10.1 Å². The minimum atomic E-state index is -1.02. The molecule has 0 aliphatic heterocycles. The number of esters is 1. The van der Waals surface area contributed by atoms with E-state index in [1.807, 2.05) is 19.0 Å². The Bertz CT molecular complexity index is 473. The Morgan fingerprint density at radius 1 is 1.38 bits per heavy atom. The zero-order valence-electron chi connectivity index (χ0n) is 12.2. The normalized spacial score (nSPS) is 12.2. The Hall–Kier alpha value is -1.99. The lowest BCUT2D eigenvalue weighted by molar-refractivity contribution is -0.384. The fourth-order valence-electron chi connectivity index (χ4n) is 1.72. The molecule has 1 aromatic carbocycles. The third kappa shape index (κ3) is 6.33. The van der Waals surface area contributed by atoms with E-state index in [1.54, 1.807) is 0 Å². The molecule has 0 aliphatic rings. The Balaban J connectivity index is 2.39. The van der Waals surface area contributed by atoms with Crippen LogP contribution in [0.3, 0.4) is 0 Å². The molecule has 0 aliphatic carbocycles. The van der Waals surface area contributed by atoms with Crippen molar-refractivity contribution in [3.63, 3.8) is 0 Å². The summed E-state index contributed by atoms with van der Waals surface area (Å²) in [5.41, 5.74) is 0.392. The van der Waals surface area contributed by atoms with Gasteiger partial charge in [-0.1, -0.05) is 0 Å². The first kappa shape index (κ1) is 17.1. The van der Waals surface area contributed by atoms with Crippen molar-refractivity contribution >= 4 is 11.7 Å². The summed E-state index contributed by atoms with van der Waals surface area (Å²) in [6, 6.07) is 5.45. The number of carbonyl (C=O) groups is 1. The van der Waals surface area contributed by atoms with Crippen molar-refractivity contribution in [1.29, 1.82) is 0 Å². The van der Waals surface area contributed by atoms with Crippen molar-refractivity contribution in [3.05, 3.63) is 39.9 Å². The highest BCUT2D eigenvalue weighted by Crippen LogP contribution is 2.20. The molecular weight excluding hydrogens is 276 g/mol. The van der Waals surface area contributed by atoms with Crippen LogP contribution in [0.15, 0.2) is 24.3 Å². The average Bonchev–Trinajstić information content (AvgIpc) is 2.43. The van der Waals surface area contributed by atoms with Gasteiger partial charge in [-0.2, -0.15) is 0 Å². The van der Waals surface area contributed by atoms with Gasteiger partial charge in [0.2, 0.25) is 0 Å². The molecule has 7 heteroatoms. The van der Waals surface area contributed by atoms with Crippen LogP contribution in [0.2, 0.25) is 0 Å². The van der Waals surface area contributed by atoms with Gasteiger partial charge in [0, 0.05) is 18.7 Å². The third-order valence-electron chi connectivity index (χ3n) is 2.86. The molecule has 0 radical (unpaired) electrons. The predicted octanol–water partition coefficient (Wildman–Crippen LogP) is 1.51. The number of nitrogens with zero attached hydrogens (tertiary/aromatic N) is 2. The smallest absolute Gasteiger partial charge is 0.308 e. The maximum Gasteiger partial charge on any atom is 0.308 e. The summed E-state index contributed by atoms with van der Waals surface area (Å²) in [4.78, 5) is 23.5. The van der Waals surface area contributed by atoms with Gasteiger partial charge in [-0.05, 0) is 38.2 Å². The van der Waals surface area contributed by atoms with E-state index in [9.17, 15) is 20.0 Å². The zero-order chi connectivity index (χ0) is 15.8. The quantitative estimate of drug-likeness (QED) is 0.338. The molecule has 0 heterocycles. The predicted molar refractivity (Wildman–Crippen MR) is 76.8 cm³/mol. The minimum absolute atomic E-state index is 0.0581. The van der Waals surface area contributed by atoms with E-state index < -0.39 is 17.0 Å². The number of nitro benzene ring substituents is 1. The van der Waals surface area contributed by atoms with Gasteiger partial charge in [-0.25, -0.2) is 0 Å². The largest absolute Gasteiger partial charge is 0.466 e. The lowest BCUT2D eigenvalue weighted by Gasteiger charge is -2.12. The summed E-state index contributed by atoms with van der Waals surface area (Å²) in [6.45, 7) is 1.13. The lowest BCUT2D eigenvalue weighted by atomic mass is 10.1. The number of hydrogen-bond acceptors (Lipinski definition) is 6. The Morgan fingerprint density at radius 3 is 2.52 bits per heavy atom. The highest BCUT2D eigenvalue weighted by atomic mass is 16.6. The second kappa shape index (κ2) is 8.33. The second-order valence-electron chi connectivity index (χ2n) is 4.95. The molecule has 0 fully saturated rings. The number of ether oxygens (including phenoxy) is 1. The number of hydrogen-bond donors (Lipinski definition) is 1. The van der Waals surface area contributed by atoms with Crippen LogP contribution >= 0.6 is 0 Å². The molecular formula is C14H20N2O5. The van der Waals surface area contributed by atoms with Crippen LogP contribution in [0.25, 0.3) is 0 Å². The molecule has 1 N–H and O–H groups in total. The van der Waals surface area contributed by atoms with Gasteiger partial charge in [0.1, 0.15) is 0 Å². The van der Waals surface area contributed by atoms with Crippen molar-refractivity contribution < 1.29 is 19.6 Å². The molecule has 1 aromatic rings. The van der Waals surface area contributed by atoms with Crippen LogP contribution < -0.4 is 0 Å². The van der Waals surface area contributed by atoms with Crippen molar-refractivity contribution in [2.45, 2.75) is 18.9 Å². The Morgan fingerprint density at radius 2 is 2.00 bits per heavy atom. The van der Waals surface area contributed by atoms with Gasteiger partial charge in [0.15, 0.2) is 0 Å². The first-order chi connectivity index (χ1) is 9.90. The molecule has 0 bridgehead atoms. The van der Waals surface area contributed by atoms with Crippen LogP contribution in [0.5, 0.6) is 0 Å². The van der Waals surface area contributed by atoms with Crippen molar-refractivity contribution in [2.75, 3.05) is 27.2 Å². The number of aliphatic hydroxyl groups is 1. The SMILES string of the molecule is CN(C)CCCOC(=O)C[C@H](O)c1ccc([N+](=O)[O-])cc1. The fraction of sp³-hybridized carbons (Fsp3) is 0.500. The van der Waals surface area contributed by atoms with E-state index in [-0.39, 0.29) is 12.1 Å². The van der Waals surface area contributed by atoms with Crippen LogP contribution in [0.4, 0.5) is 5.69 Å². The van der Waals surface area contributed by atoms with Crippen LogP contribution in [-0.2, 0) is 9.53 Å². The van der Waals surface area contributed by atoms with Crippen molar-refractivity contribution in [3.8, 4) is 0 Å². The number of aliphatic hydroxyl groups excluding tert-OH is 1. The standard InChI is InChI=1S/C14H20N2O5/c1-15(2)8-3-9-21-14(18)10-13(17)11-4-6-12(7-5-11)16(19)20/h4-7,13,17H,3,8-10H2,1-2H3/t13-/m0/s1. The Kier molecular flexibility index (Phi) is 6.77. The molecule has 0 aromatic heterocycles. The van der Waals surface area contributed by atoms with Crippen molar-refractivity contribution in [2.24, 2.45) is 0 Å². The summed E-state index contributed by atoms with van der Waals surface area (Å²) < 4.78 is 5.01. The lowest BCUT2D eigenvalue weighted by Crippen LogP contribution is -2.17. The third-order valence-corrected chi connectivity index (χ3v) is 2.86. The van der Waals surface area contributed by atoms with Crippen molar-refractivity contribution in [1.82, 2.24) is 4.90 Å². The van der Waals surface area contributed by atoms with Crippen LogP contribution in [-0.4, -0.2) is 48.1 Å². The topological polar surface area (TPSA) is 92.9 Å². The van der Waals surface area contributed by atoms with E-state index >= 15 is 0 Å². The monoisotopic (exact) mass is 296 g/mol.